The smallest absolute Gasteiger partial charge is 0.341 e. The number of aliphatic carboxylic acids is 1. The van der Waals surface area contributed by atoms with Crippen LogP contribution in [0.4, 0.5) is 5.82 Å². The van der Waals surface area contributed by atoms with Gasteiger partial charge in [0.15, 0.2) is 6.61 Å². The van der Waals surface area contributed by atoms with Gasteiger partial charge in [-0.05, 0) is 36.4 Å². The summed E-state index contributed by atoms with van der Waals surface area (Å²) in [6.45, 7) is -0.488. The zero-order valence-corrected chi connectivity index (χ0v) is 11.6. The maximum absolute atomic E-state index is 12.1. The van der Waals surface area contributed by atoms with Crippen LogP contribution in [-0.4, -0.2) is 31.1 Å². The zero-order valence-electron chi connectivity index (χ0n) is 10.8. The summed E-state index contributed by atoms with van der Waals surface area (Å²) >= 11 is 0. The first-order valence-electron chi connectivity index (χ1n) is 5.86. The van der Waals surface area contributed by atoms with Crippen LogP contribution in [0.15, 0.2) is 53.6 Å². The van der Waals surface area contributed by atoms with Crippen molar-refractivity contribution in [2.75, 3.05) is 11.3 Å². The average Bonchev–Trinajstić information content (AvgIpc) is 2.46. The number of carboxylic acid groups (broad SMARTS) is 1. The standard InChI is InChI=1S/C13H12N2O5S/c16-13(17)9-20-10-4-6-11(7-5-10)21(18,19)15-12-3-1-2-8-14-12/h1-8H,9H2,(H,14,15)(H,16,17). The molecule has 21 heavy (non-hydrogen) atoms. The van der Waals surface area contributed by atoms with Gasteiger partial charge in [0.2, 0.25) is 0 Å². The first-order chi connectivity index (χ1) is 9.97. The molecule has 2 N–H and O–H groups in total. The van der Waals surface area contributed by atoms with Gasteiger partial charge in [0.1, 0.15) is 11.6 Å². The van der Waals surface area contributed by atoms with E-state index in [0.717, 1.165) is 0 Å². The second-order valence-corrected chi connectivity index (χ2v) is 5.66. The second kappa shape index (κ2) is 6.23. The maximum Gasteiger partial charge on any atom is 0.341 e. The lowest BCUT2D eigenvalue weighted by molar-refractivity contribution is -0.139. The molecule has 1 aromatic heterocycles. The molecule has 2 aromatic rings. The van der Waals surface area contributed by atoms with Crippen molar-refractivity contribution >= 4 is 21.8 Å². The third-order valence-electron chi connectivity index (χ3n) is 2.40. The molecule has 0 unspecified atom stereocenters. The number of hydrogen-bond donors (Lipinski definition) is 2. The number of ether oxygens (including phenoxy) is 1. The number of aromatic nitrogens is 1. The number of rotatable bonds is 6. The van der Waals surface area contributed by atoms with Crippen molar-refractivity contribution in [3.63, 3.8) is 0 Å². The van der Waals surface area contributed by atoms with Crippen LogP contribution >= 0.6 is 0 Å². The van der Waals surface area contributed by atoms with Gasteiger partial charge in [-0.2, -0.15) is 0 Å². The predicted octanol–water partition coefficient (Wildman–Crippen LogP) is 1.35. The van der Waals surface area contributed by atoms with E-state index >= 15 is 0 Å². The molecule has 0 spiro atoms. The molecule has 0 saturated heterocycles. The molecule has 1 aromatic carbocycles. The van der Waals surface area contributed by atoms with Gasteiger partial charge in [0.05, 0.1) is 4.90 Å². The first kappa shape index (κ1) is 14.8. The minimum atomic E-state index is -3.75. The highest BCUT2D eigenvalue weighted by atomic mass is 32.2. The van der Waals surface area contributed by atoms with Crippen LogP contribution in [0.3, 0.4) is 0 Å². The van der Waals surface area contributed by atoms with E-state index in [9.17, 15) is 13.2 Å². The Balaban J connectivity index is 2.12. The number of anilines is 1. The number of carbonyl (C=O) groups is 1. The number of nitrogens with zero attached hydrogens (tertiary/aromatic N) is 1. The molecular formula is C13H12N2O5S. The van der Waals surface area contributed by atoms with E-state index in [-0.39, 0.29) is 16.5 Å². The Morgan fingerprint density at radius 1 is 1.19 bits per heavy atom. The fourth-order valence-corrected chi connectivity index (χ4v) is 2.49. The molecule has 8 heteroatoms. The molecule has 0 amide bonds. The summed E-state index contributed by atoms with van der Waals surface area (Å²) in [5.74, 6) is -0.624. The van der Waals surface area contributed by atoms with Crippen molar-refractivity contribution in [2.24, 2.45) is 0 Å². The molecule has 0 aliphatic rings. The number of hydrogen-bond acceptors (Lipinski definition) is 5. The molecule has 1 heterocycles. The van der Waals surface area contributed by atoms with Crippen molar-refractivity contribution in [3.05, 3.63) is 48.7 Å². The topological polar surface area (TPSA) is 106 Å². The SMILES string of the molecule is O=C(O)COc1ccc(S(=O)(=O)Nc2ccccn2)cc1. The third-order valence-corrected chi connectivity index (χ3v) is 3.77. The summed E-state index contributed by atoms with van der Waals surface area (Å²) in [6, 6.07) is 10.3. The quantitative estimate of drug-likeness (QED) is 0.834. The highest BCUT2D eigenvalue weighted by molar-refractivity contribution is 7.92. The molecule has 0 aliphatic heterocycles. The Bertz CT molecular complexity index is 714. The molecule has 2 rings (SSSR count). The van der Waals surface area contributed by atoms with Crippen molar-refractivity contribution in [3.8, 4) is 5.75 Å². The number of carboxylic acids is 1. The fourth-order valence-electron chi connectivity index (χ4n) is 1.48. The molecule has 110 valence electrons. The molecule has 0 atom stereocenters. The Labute approximate surface area is 121 Å². The van der Waals surface area contributed by atoms with Gasteiger partial charge in [-0.15, -0.1) is 0 Å². The number of benzene rings is 1. The van der Waals surface area contributed by atoms with E-state index in [2.05, 4.69) is 9.71 Å². The van der Waals surface area contributed by atoms with Crippen LogP contribution in [-0.2, 0) is 14.8 Å². The highest BCUT2D eigenvalue weighted by Crippen LogP contribution is 2.18. The Morgan fingerprint density at radius 3 is 2.48 bits per heavy atom. The van der Waals surface area contributed by atoms with Gasteiger partial charge in [-0.25, -0.2) is 18.2 Å². The van der Waals surface area contributed by atoms with Gasteiger partial charge in [-0.1, -0.05) is 6.07 Å². The third kappa shape index (κ3) is 4.18. The number of nitrogens with one attached hydrogen (secondary N) is 1. The lowest BCUT2D eigenvalue weighted by Crippen LogP contribution is -2.14. The second-order valence-electron chi connectivity index (χ2n) is 3.97. The van der Waals surface area contributed by atoms with Crippen LogP contribution < -0.4 is 9.46 Å². The van der Waals surface area contributed by atoms with Crippen molar-refractivity contribution in [1.29, 1.82) is 0 Å². The van der Waals surface area contributed by atoms with Crippen molar-refractivity contribution in [1.82, 2.24) is 4.98 Å². The first-order valence-corrected chi connectivity index (χ1v) is 7.34. The Kier molecular flexibility index (Phi) is 4.39. The van der Waals surface area contributed by atoms with Gasteiger partial charge in [0, 0.05) is 6.20 Å². The summed E-state index contributed by atoms with van der Waals surface area (Å²) in [4.78, 5) is 14.3. The lowest BCUT2D eigenvalue weighted by atomic mass is 10.3. The van der Waals surface area contributed by atoms with Crippen LogP contribution in [0.2, 0.25) is 0 Å². The summed E-state index contributed by atoms with van der Waals surface area (Å²) in [5.41, 5.74) is 0. The van der Waals surface area contributed by atoms with Crippen molar-refractivity contribution in [2.45, 2.75) is 4.90 Å². The van der Waals surface area contributed by atoms with E-state index in [1.54, 1.807) is 12.1 Å². The van der Waals surface area contributed by atoms with E-state index in [4.69, 9.17) is 9.84 Å². The van der Waals surface area contributed by atoms with Gasteiger partial charge in [-0.3, -0.25) is 4.72 Å². The average molecular weight is 308 g/mol. The van der Waals surface area contributed by atoms with Crippen LogP contribution in [0.5, 0.6) is 5.75 Å². The summed E-state index contributed by atoms with van der Waals surface area (Å²) in [6.07, 6.45) is 1.47. The van der Waals surface area contributed by atoms with Gasteiger partial charge < -0.3 is 9.84 Å². The highest BCUT2D eigenvalue weighted by Gasteiger charge is 2.14. The monoisotopic (exact) mass is 308 g/mol. The summed E-state index contributed by atoms with van der Waals surface area (Å²) < 4.78 is 31.4. The molecular weight excluding hydrogens is 296 g/mol. The normalized spacial score (nSPS) is 10.9. The minimum Gasteiger partial charge on any atom is -0.482 e. The van der Waals surface area contributed by atoms with Gasteiger partial charge >= 0.3 is 5.97 Å². The summed E-state index contributed by atoms with van der Waals surface area (Å²) in [7, 11) is -3.75. The maximum atomic E-state index is 12.1. The Morgan fingerprint density at radius 2 is 1.90 bits per heavy atom. The summed E-state index contributed by atoms with van der Waals surface area (Å²) in [5, 5.41) is 8.48. The number of sulfonamides is 1. The van der Waals surface area contributed by atoms with E-state index in [0.29, 0.717) is 0 Å². The largest absolute Gasteiger partial charge is 0.482 e. The lowest BCUT2D eigenvalue weighted by Gasteiger charge is -2.08. The minimum absolute atomic E-state index is 0.0239. The van der Waals surface area contributed by atoms with Crippen LogP contribution in [0.25, 0.3) is 0 Å². The molecule has 0 saturated carbocycles. The van der Waals surface area contributed by atoms with E-state index < -0.39 is 22.6 Å². The number of pyridine rings is 1. The van der Waals surface area contributed by atoms with Crippen LogP contribution in [0, 0.1) is 0 Å². The predicted molar refractivity (Wildman–Crippen MR) is 74.6 cm³/mol. The molecule has 0 radical (unpaired) electrons. The molecule has 7 nitrogen and oxygen atoms in total. The van der Waals surface area contributed by atoms with Gasteiger partial charge in [0.25, 0.3) is 10.0 Å². The zero-order chi connectivity index (χ0) is 15.3. The van der Waals surface area contributed by atoms with Crippen LogP contribution in [0.1, 0.15) is 0 Å². The van der Waals surface area contributed by atoms with E-state index in [1.165, 1.54) is 36.5 Å². The van der Waals surface area contributed by atoms with E-state index in [1.807, 2.05) is 0 Å². The fraction of sp³-hybridized carbons (Fsp3) is 0.0769. The Hall–Kier alpha value is -2.61. The molecule has 0 aliphatic carbocycles. The molecule has 0 bridgehead atoms. The molecule has 0 fully saturated rings. The van der Waals surface area contributed by atoms with Crippen molar-refractivity contribution < 1.29 is 23.1 Å².